The third kappa shape index (κ3) is 3.43. The van der Waals surface area contributed by atoms with Crippen molar-refractivity contribution in [2.24, 2.45) is 0 Å². The van der Waals surface area contributed by atoms with Crippen LogP contribution in [0.2, 0.25) is 0 Å². The zero-order valence-electron chi connectivity index (χ0n) is 10.5. The molecule has 0 fully saturated rings. The van der Waals surface area contributed by atoms with Gasteiger partial charge in [0.05, 0.1) is 4.88 Å². The molecule has 1 aromatic carbocycles. The highest BCUT2D eigenvalue weighted by Gasteiger charge is 2.12. The Morgan fingerprint density at radius 1 is 1.05 bits per heavy atom. The Labute approximate surface area is 119 Å². The van der Waals surface area contributed by atoms with Crippen LogP contribution >= 0.6 is 11.3 Å². The van der Waals surface area contributed by atoms with Crippen LogP contribution in [0.1, 0.15) is 24.9 Å². The lowest BCUT2D eigenvalue weighted by Crippen LogP contribution is -2.10. The minimum absolute atomic E-state index is 0.0822. The van der Waals surface area contributed by atoms with Gasteiger partial charge in [-0.3, -0.25) is 4.79 Å². The number of carboxylic acids is 1. The molecule has 5 nitrogen and oxygen atoms in total. The van der Waals surface area contributed by atoms with Crippen molar-refractivity contribution in [3.05, 3.63) is 51.7 Å². The molecule has 6 heteroatoms. The predicted octanol–water partition coefficient (Wildman–Crippen LogP) is 2.23. The quantitative estimate of drug-likeness (QED) is 0.788. The van der Waals surface area contributed by atoms with E-state index in [4.69, 9.17) is 10.2 Å². The molecule has 0 spiro atoms. The summed E-state index contributed by atoms with van der Waals surface area (Å²) in [5.41, 5.74) is 1.61. The number of nitrogens with one attached hydrogen (secondary N) is 1. The van der Waals surface area contributed by atoms with Crippen LogP contribution in [0, 0.1) is 0 Å². The standard InChI is InChI=1S/C14H13NO4S/c16-8-7-9-1-3-10(4-2-9)15-13(17)11-5-6-12(20-11)14(18)19/h1-6,16H,7-8H2,(H,15,17)(H,18,19). The number of anilines is 1. The molecular formula is C14H13NO4S. The van der Waals surface area contributed by atoms with Crippen LogP contribution in [0.4, 0.5) is 5.69 Å². The van der Waals surface area contributed by atoms with Crippen LogP contribution in [0.15, 0.2) is 36.4 Å². The smallest absolute Gasteiger partial charge is 0.345 e. The van der Waals surface area contributed by atoms with E-state index in [2.05, 4.69) is 5.32 Å². The molecule has 0 atom stereocenters. The van der Waals surface area contributed by atoms with Crippen molar-refractivity contribution in [1.82, 2.24) is 0 Å². The number of aromatic carboxylic acids is 1. The lowest BCUT2D eigenvalue weighted by atomic mass is 10.1. The Bertz CT molecular complexity index is 618. The molecule has 1 heterocycles. The lowest BCUT2D eigenvalue weighted by Gasteiger charge is -2.04. The summed E-state index contributed by atoms with van der Waals surface area (Å²) in [5, 5.41) is 20.3. The molecular weight excluding hydrogens is 278 g/mol. The van der Waals surface area contributed by atoms with Crippen LogP contribution in [0.3, 0.4) is 0 Å². The minimum atomic E-state index is -1.04. The molecule has 0 saturated heterocycles. The number of carbonyl (C=O) groups is 2. The number of hydrogen-bond acceptors (Lipinski definition) is 4. The number of rotatable bonds is 5. The second-order valence-electron chi connectivity index (χ2n) is 4.09. The zero-order valence-corrected chi connectivity index (χ0v) is 11.3. The molecule has 0 aliphatic heterocycles. The van der Waals surface area contributed by atoms with E-state index in [0.717, 1.165) is 16.9 Å². The number of amides is 1. The van der Waals surface area contributed by atoms with Crippen LogP contribution in [0.25, 0.3) is 0 Å². The van der Waals surface area contributed by atoms with E-state index in [1.165, 1.54) is 12.1 Å². The van der Waals surface area contributed by atoms with Crippen LogP contribution in [-0.4, -0.2) is 28.7 Å². The van der Waals surface area contributed by atoms with E-state index < -0.39 is 5.97 Å². The van der Waals surface area contributed by atoms with Gasteiger partial charge >= 0.3 is 5.97 Å². The van der Waals surface area contributed by atoms with Crippen molar-refractivity contribution >= 4 is 28.9 Å². The first-order chi connectivity index (χ1) is 9.60. The summed E-state index contributed by atoms with van der Waals surface area (Å²) >= 11 is 0.935. The molecule has 0 bridgehead atoms. The Morgan fingerprint density at radius 3 is 2.25 bits per heavy atom. The Hall–Kier alpha value is -2.18. The van der Waals surface area contributed by atoms with Gasteiger partial charge in [0.15, 0.2) is 0 Å². The number of carbonyl (C=O) groups excluding carboxylic acids is 1. The van der Waals surface area contributed by atoms with Gasteiger partial charge in [-0.05, 0) is 36.2 Å². The molecule has 2 rings (SSSR count). The number of hydrogen-bond donors (Lipinski definition) is 3. The van der Waals surface area contributed by atoms with E-state index in [1.54, 1.807) is 12.1 Å². The molecule has 104 valence electrons. The summed E-state index contributed by atoms with van der Waals surface area (Å²) < 4.78 is 0. The highest BCUT2D eigenvalue weighted by molar-refractivity contribution is 7.15. The molecule has 20 heavy (non-hydrogen) atoms. The van der Waals surface area contributed by atoms with Crippen molar-refractivity contribution in [2.45, 2.75) is 6.42 Å². The molecule has 0 aliphatic carbocycles. The molecule has 0 unspecified atom stereocenters. The van der Waals surface area contributed by atoms with Crippen LogP contribution < -0.4 is 5.32 Å². The van der Waals surface area contributed by atoms with E-state index in [9.17, 15) is 9.59 Å². The number of aliphatic hydroxyl groups is 1. The molecule has 0 radical (unpaired) electrons. The van der Waals surface area contributed by atoms with E-state index in [1.807, 2.05) is 12.1 Å². The van der Waals surface area contributed by atoms with Crippen LogP contribution in [0.5, 0.6) is 0 Å². The number of aliphatic hydroxyl groups excluding tert-OH is 1. The normalized spacial score (nSPS) is 10.2. The highest BCUT2D eigenvalue weighted by Crippen LogP contribution is 2.18. The average molecular weight is 291 g/mol. The lowest BCUT2D eigenvalue weighted by molar-refractivity contribution is 0.0702. The van der Waals surface area contributed by atoms with Gasteiger partial charge in [0.25, 0.3) is 5.91 Å². The van der Waals surface area contributed by atoms with Crippen molar-refractivity contribution < 1.29 is 19.8 Å². The molecule has 2 aromatic rings. The molecule has 1 aromatic heterocycles. The molecule has 0 saturated carbocycles. The van der Waals surface area contributed by atoms with Gasteiger partial charge in [-0.15, -0.1) is 11.3 Å². The predicted molar refractivity (Wildman–Crippen MR) is 76.5 cm³/mol. The number of thiophene rings is 1. The zero-order chi connectivity index (χ0) is 14.5. The molecule has 0 aliphatic rings. The van der Waals surface area contributed by atoms with Gasteiger partial charge in [0, 0.05) is 12.3 Å². The monoisotopic (exact) mass is 291 g/mol. The second-order valence-corrected chi connectivity index (χ2v) is 5.18. The second kappa shape index (κ2) is 6.31. The van der Waals surface area contributed by atoms with Gasteiger partial charge in [-0.2, -0.15) is 0 Å². The first kappa shape index (κ1) is 14.2. The van der Waals surface area contributed by atoms with Gasteiger partial charge in [-0.1, -0.05) is 12.1 Å². The van der Waals surface area contributed by atoms with Crippen molar-refractivity contribution in [1.29, 1.82) is 0 Å². The summed E-state index contributed by atoms with van der Waals surface area (Å²) in [4.78, 5) is 23.2. The fourth-order valence-electron chi connectivity index (χ4n) is 1.65. The minimum Gasteiger partial charge on any atom is -0.477 e. The fraction of sp³-hybridized carbons (Fsp3) is 0.143. The topological polar surface area (TPSA) is 86.6 Å². The summed E-state index contributed by atoms with van der Waals surface area (Å²) in [6.07, 6.45) is 0.571. The Balaban J connectivity index is 2.04. The summed E-state index contributed by atoms with van der Waals surface area (Å²) in [6.45, 7) is 0.0822. The summed E-state index contributed by atoms with van der Waals surface area (Å²) in [5.74, 6) is -1.38. The maximum absolute atomic E-state index is 11.9. The van der Waals surface area contributed by atoms with Gasteiger partial charge in [-0.25, -0.2) is 4.79 Å². The first-order valence-corrected chi connectivity index (χ1v) is 6.76. The highest BCUT2D eigenvalue weighted by atomic mass is 32.1. The van der Waals surface area contributed by atoms with Gasteiger partial charge < -0.3 is 15.5 Å². The van der Waals surface area contributed by atoms with E-state index in [-0.39, 0.29) is 17.4 Å². The first-order valence-electron chi connectivity index (χ1n) is 5.94. The third-order valence-electron chi connectivity index (χ3n) is 2.65. The largest absolute Gasteiger partial charge is 0.477 e. The van der Waals surface area contributed by atoms with E-state index in [0.29, 0.717) is 17.0 Å². The SMILES string of the molecule is O=C(O)c1ccc(C(=O)Nc2ccc(CCO)cc2)s1. The van der Waals surface area contributed by atoms with E-state index >= 15 is 0 Å². The fourth-order valence-corrected chi connectivity index (χ4v) is 2.39. The maximum Gasteiger partial charge on any atom is 0.345 e. The maximum atomic E-state index is 11.9. The Morgan fingerprint density at radius 2 is 1.70 bits per heavy atom. The van der Waals surface area contributed by atoms with Crippen LogP contribution in [-0.2, 0) is 6.42 Å². The number of benzene rings is 1. The summed E-state index contributed by atoms with van der Waals surface area (Å²) in [7, 11) is 0. The average Bonchev–Trinajstić information content (AvgIpc) is 2.91. The third-order valence-corrected chi connectivity index (χ3v) is 3.72. The van der Waals surface area contributed by atoms with Gasteiger partial charge in [0.1, 0.15) is 4.88 Å². The van der Waals surface area contributed by atoms with Crippen molar-refractivity contribution in [2.75, 3.05) is 11.9 Å². The molecule has 3 N–H and O–H groups in total. The number of carboxylic acid groups (broad SMARTS) is 1. The molecule has 1 amide bonds. The van der Waals surface area contributed by atoms with Crippen molar-refractivity contribution in [3.63, 3.8) is 0 Å². The summed E-state index contributed by atoms with van der Waals surface area (Å²) in [6, 6.07) is 10.0. The Kier molecular flexibility index (Phi) is 4.49. The van der Waals surface area contributed by atoms with Crippen molar-refractivity contribution in [3.8, 4) is 0 Å². The van der Waals surface area contributed by atoms with Gasteiger partial charge in [0.2, 0.25) is 0 Å².